The van der Waals surface area contributed by atoms with Crippen LogP contribution in [0.15, 0.2) is 77.8 Å². The molecule has 0 unspecified atom stereocenters. The second-order valence-electron chi connectivity index (χ2n) is 8.61. The van der Waals surface area contributed by atoms with Gasteiger partial charge in [0.1, 0.15) is 5.75 Å². The van der Waals surface area contributed by atoms with Crippen LogP contribution in [-0.4, -0.2) is 37.8 Å². The van der Waals surface area contributed by atoms with Crippen LogP contribution in [0.5, 0.6) is 5.75 Å². The molecule has 0 N–H and O–H groups in total. The van der Waals surface area contributed by atoms with Gasteiger partial charge in [0.25, 0.3) is 0 Å². The Labute approximate surface area is 210 Å². The molecule has 0 saturated carbocycles. The highest BCUT2D eigenvalue weighted by Crippen LogP contribution is 2.38. The minimum Gasteiger partial charge on any atom is -0.423 e. The number of ether oxygens (including phenoxy) is 1. The summed E-state index contributed by atoms with van der Waals surface area (Å²) in [5.74, 6) is 0.00546. The number of fused-ring (bicyclic) bond motifs is 1. The molecule has 0 bridgehead atoms. The quantitative estimate of drug-likeness (QED) is 0.230. The number of para-hydroxylation sites is 1. The monoisotopic (exact) mass is 508 g/mol. The molecule has 6 nitrogen and oxygen atoms in total. The topological polar surface area (TPSA) is 76.6 Å². The Morgan fingerprint density at radius 2 is 1.69 bits per heavy atom. The Morgan fingerprint density at radius 3 is 2.34 bits per heavy atom. The van der Waals surface area contributed by atoms with Crippen molar-refractivity contribution < 1.29 is 17.9 Å². The van der Waals surface area contributed by atoms with Gasteiger partial charge >= 0.3 is 5.97 Å². The lowest BCUT2D eigenvalue weighted by Gasteiger charge is -2.17. The zero-order chi connectivity index (χ0) is 25.3. The number of aromatic nitrogens is 1. The highest BCUT2D eigenvalue weighted by Gasteiger charge is 2.19. The van der Waals surface area contributed by atoms with Crippen molar-refractivity contribution in [2.45, 2.75) is 24.7 Å². The van der Waals surface area contributed by atoms with Crippen molar-refractivity contribution in [1.29, 1.82) is 0 Å². The van der Waals surface area contributed by atoms with Gasteiger partial charge in [-0.1, -0.05) is 49.7 Å². The van der Waals surface area contributed by atoms with E-state index in [2.05, 4.69) is 18.8 Å². The number of esters is 1. The van der Waals surface area contributed by atoms with E-state index in [9.17, 15) is 13.2 Å². The first-order valence-corrected chi connectivity index (χ1v) is 12.8. The molecule has 180 valence electrons. The summed E-state index contributed by atoms with van der Waals surface area (Å²) in [6.07, 6.45) is 1.84. The van der Waals surface area contributed by atoms with Crippen LogP contribution in [0, 0.1) is 0 Å². The van der Waals surface area contributed by atoms with E-state index >= 15 is 0 Å². The van der Waals surface area contributed by atoms with E-state index in [-0.39, 0.29) is 16.4 Å². The Balaban J connectivity index is 1.68. The molecule has 0 aliphatic rings. The van der Waals surface area contributed by atoms with E-state index in [0.29, 0.717) is 16.3 Å². The van der Waals surface area contributed by atoms with E-state index in [0.717, 1.165) is 26.4 Å². The SMILES string of the molecule is CC(C)c1cnc2c(Cl)cccc2c1-c1cccc(OC(=O)c2ccc(S(=O)(=O)N(C)C)cc2)c1. The third-order valence-electron chi connectivity index (χ3n) is 5.70. The molecule has 35 heavy (non-hydrogen) atoms. The summed E-state index contributed by atoms with van der Waals surface area (Å²) in [7, 11) is -0.673. The van der Waals surface area contributed by atoms with Crippen molar-refractivity contribution in [3.05, 3.63) is 89.1 Å². The molecular formula is C27H25ClN2O4S. The number of hydrogen-bond donors (Lipinski definition) is 0. The lowest BCUT2D eigenvalue weighted by molar-refractivity contribution is 0.0734. The van der Waals surface area contributed by atoms with Gasteiger partial charge in [-0.3, -0.25) is 4.98 Å². The molecule has 1 heterocycles. The summed E-state index contributed by atoms with van der Waals surface area (Å²) in [5.41, 5.74) is 3.88. The Morgan fingerprint density at radius 1 is 1.00 bits per heavy atom. The molecule has 4 aromatic rings. The number of rotatable bonds is 6. The summed E-state index contributed by atoms with van der Waals surface area (Å²) in [4.78, 5) is 17.5. The van der Waals surface area contributed by atoms with Crippen LogP contribution in [0.4, 0.5) is 0 Å². The van der Waals surface area contributed by atoms with Gasteiger partial charge in [0.05, 0.1) is 21.0 Å². The number of benzene rings is 3. The minimum atomic E-state index is -3.58. The second kappa shape index (κ2) is 9.77. The van der Waals surface area contributed by atoms with Crippen molar-refractivity contribution in [3.8, 4) is 16.9 Å². The Kier molecular flexibility index (Phi) is 6.94. The molecule has 0 atom stereocenters. The van der Waals surface area contributed by atoms with E-state index in [1.54, 1.807) is 6.07 Å². The molecule has 4 rings (SSSR count). The van der Waals surface area contributed by atoms with Crippen molar-refractivity contribution >= 4 is 38.5 Å². The second-order valence-corrected chi connectivity index (χ2v) is 11.2. The largest absolute Gasteiger partial charge is 0.423 e. The number of hydrogen-bond acceptors (Lipinski definition) is 5. The van der Waals surface area contributed by atoms with Gasteiger partial charge in [-0.05, 0) is 65.1 Å². The van der Waals surface area contributed by atoms with Crippen LogP contribution < -0.4 is 4.74 Å². The molecule has 0 fully saturated rings. The normalized spacial score (nSPS) is 11.9. The zero-order valence-corrected chi connectivity index (χ0v) is 21.4. The first kappa shape index (κ1) is 24.9. The molecular weight excluding hydrogens is 484 g/mol. The Bertz CT molecular complexity index is 1510. The smallest absolute Gasteiger partial charge is 0.343 e. The fraction of sp³-hybridized carbons (Fsp3) is 0.185. The highest BCUT2D eigenvalue weighted by atomic mass is 35.5. The van der Waals surface area contributed by atoms with Crippen molar-refractivity contribution in [3.63, 3.8) is 0 Å². The maximum absolute atomic E-state index is 12.8. The van der Waals surface area contributed by atoms with Crippen LogP contribution >= 0.6 is 11.6 Å². The average molecular weight is 509 g/mol. The van der Waals surface area contributed by atoms with Gasteiger partial charge in [0.2, 0.25) is 10.0 Å². The van der Waals surface area contributed by atoms with Crippen molar-refractivity contribution in [1.82, 2.24) is 9.29 Å². The minimum absolute atomic E-state index is 0.102. The summed E-state index contributed by atoms with van der Waals surface area (Å²) in [6, 6.07) is 18.7. The van der Waals surface area contributed by atoms with E-state index in [1.165, 1.54) is 38.4 Å². The lowest BCUT2D eigenvalue weighted by atomic mass is 9.91. The molecule has 3 aromatic carbocycles. The Hall–Kier alpha value is -3.26. The van der Waals surface area contributed by atoms with Gasteiger partial charge in [-0.15, -0.1) is 0 Å². The number of pyridine rings is 1. The van der Waals surface area contributed by atoms with E-state index in [1.807, 2.05) is 42.6 Å². The fourth-order valence-corrected chi connectivity index (χ4v) is 4.94. The van der Waals surface area contributed by atoms with Crippen LogP contribution in [0.1, 0.15) is 35.7 Å². The van der Waals surface area contributed by atoms with Gasteiger partial charge in [-0.2, -0.15) is 0 Å². The number of nitrogens with zero attached hydrogens (tertiary/aromatic N) is 2. The van der Waals surface area contributed by atoms with Crippen molar-refractivity contribution in [2.75, 3.05) is 14.1 Å². The predicted octanol–water partition coefficient (Wildman–Crippen LogP) is 6.15. The molecule has 0 amide bonds. The number of carbonyl (C=O) groups excluding carboxylic acids is 1. The van der Waals surface area contributed by atoms with E-state index in [4.69, 9.17) is 16.3 Å². The molecule has 0 aliphatic heterocycles. The zero-order valence-electron chi connectivity index (χ0n) is 19.8. The van der Waals surface area contributed by atoms with Gasteiger partial charge < -0.3 is 4.74 Å². The predicted molar refractivity (Wildman–Crippen MR) is 139 cm³/mol. The maximum atomic E-state index is 12.8. The molecule has 0 aliphatic carbocycles. The average Bonchev–Trinajstić information content (AvgIpc) is 2.83. The van der Waals surface area contributed by atoms with Crippen molar-refractivity contribution in [2.24, 2.45) is 0 Å². The summed E-state index contributed by atoms with van der Waals surface area (Å²) >= 11 is 6.40. The highest BCUT2D eigenvalue weighted by molar-refractivity contribution is 7.89. The van der Waals surface area contributed by atoms with Crippen LogP contribution in [0.3, 0.4) is 0 Å². The molecule has 0 spiro atoms. The standard InChI is InChI=1S/C27H25ClN2O4S/c1-17(2)23-16-29-26-22(9-6-10-24(26)28)25(23)19-7-5-8-20(15-19)34-27(31)18-11-13-21(14-12-18)35(32,33)30(3)4/h5-17H,1-4H3. The number of halogens is 1. The third-order valence-corrected chi connectivity index (χ3v) is 7.84. The van der Waals surface area contributed by atoms with Gasteiger partial charge in [0.15, 0.2) is 0 Å². The maximum Gasteiger partial charge on any atom is 0.343 e. The molecule has 1 aromatic heterocycles. The first-order chi connectivity index (χ1) is 16.6. The summed E-state index contributed by atoms with van der Waals surface area (Å²) in [5, 5.41) is 1.49. The summed E-state index contributed by atoms with van der Waals surface area (Å²) < 4.78 is 31.3. The van der Waals surface area contributed by atoms with Gasteiger partial charge in [-0.25, -0.2) is 17.5 Å². The first-order valence-electron chi connectivity index (χ1n) is 11.0. The van der Waals surface area contributed by atoms with Crippen LogP contribution in [0.2, 0.25) is 5.02 Å². The number of carbonyl (C=O) groups is 1. The number of sulfonamides is 1. The molecule has 0 saturated heterocycles. The fourth-order valence-electron chi connectivity index (χ4n) is 3.82. The van der Waals surface area contributed by atoms with E-state index < -0.39 is 16.0 Å². The molecule has 8 heteroatoms. The van der Waals surface area contributed by atoms with Crippen LogP contribution in [-0.2, 0) is 10.0 Å². The molecule has 0 radical (unpaired) electrons. The lowest BCUT2D eigenvalue weighted by Crippen LogP contribution is -2.22. The van der Waals surface area contributed by atoms with Crippen LogP contribution in [0.25, 0.3) is 22.0 Å². The summed E-state index contributed by atoms with van der Waals surface area (Å²) in [6.45, 7) is 4.20. The third kappa shape index (κ3) is 4.93. The van der Waals surface area contributed by atoms with Gasteiger partial charge in [0, 0.05) is 25.7 Å².